The van der Waals surface area contributed by atoms with Crippen LogP contribution in [-0.4, -0.2) is 0 Å². The summed E-state index contributed by atoms with van der Waals surface area (Å²) < 4.78 is 14.3. The van der Waals surface area contributed by atoms with E-state index in [4.69, 9.17) is 0 Å². The van der Waals surface area contributed by atoms with Crippen LogP contribution < -0.4 is 0 Å². The molecule has 128 valence electrons. The molecule has 0 spiro atoms. The lowest BCUT2D eigenvalue weighted by atomic mass is 10.0. The van der Waals surface area contributed by atoms with Crippen molar-refractivity contribution in [3.63, 3.8) is 0 Å². The molecule has 0 heterocycles. The maximum atomic E-state index is 14.3. The van der Waals surface area contributed by atoms with Crippen molar-refractivity contribution in [3.8, 4) is 23.0 Å². The lowest BCUT2D eigenvalue weighted by molar-refractivity contribution is 0.623. The summed E-state index contributed by atoms with van der Waals surface area (Å²) in [4.78, 5) is 0. The van der Waals surface area contributed by atoms with Crippen molar-refractivity contribution in [2.24, 2.45) is 0 Å². The summed E-state index contributed by atoms with van der Waals surface area (Å²) in [6, 6.07) is 20.0. The average Bonchev–Trinajstić information content (AvgIpc) is 2.62. The van der Waals surface area contributed by atoms with E-state index in [1.807, 2.05) is 56.3 Å². The number of aryl methyl sites for hydroxylation is 2. The minimum absolute atomic E-state index is 0.276. The van der Waals surface area contributed by atoms with Gasteiger partial charge in [-0.1, -0.05) is 72.0 Å². The van der Waals surface area contributed by atoms with Crippen molar-refractivity contribution in [1.82, 2.24) is 0 Å². The van der Waals surface area contributed by atoms with Gasteiger partial charge in [-0.05, 0) is 61.2 Å². The smallest absolute Gasteiger partial charge is 0.139 e. The van der Waals surface area contributed by atoms with E-state index in [-0.39, 0.29) is 5.82 Å². The molecule has 0 saturated carbocycles. The van der Waals surface area contributed by atoms with Crippen LogP contribution in [0.25, 0.3) is 17.2 Å². The number of rotatable bonds is 2. The van der Waals surface area contributed by atoms with Crippen LogP contribution in [-0.2, 0) is 0 Å². The lowest BCUT2D eigenvalue weighted by Crippen LogP contribution is -1.91. The Morgan fingerprint density at radius 3 is 2.00 bits per heavy atom. The van der Waals surface area contributed by atoms with E-state index in [1.54, 1.807) is 0 Å². The second kappa shape index (κ2) is 7.85. The third kappa shape index (κ3) is 4.10. The molecule has 0 saturated heterocycles. The average molecular weight is 340 g/mol. The van der Waals surface area contributed by atoms with Crippen molar-refractivity contribution >= 4 is 6.08 Å². The summed E-state index contributed by atoms with van der Waals surface area (Å²) in [6.45, 7) is 5.88. The Labute approximate surface area is 155 Å². The van der Waals surface area contributed by atoms with Crippen LogP contribution in [0.1, 0.15) is 34.7 Å². The molecule has 0 aliphatic heterocycles. The zero-order chi connectivity index (χ0) is 18.5. The summed E-state index contributed by atoms with van der Waals surface area (Å²) in [5.41, 5.74) is 6.58. The SMILES string of the molecule is C/C=C/c1cc(C)cc(F)c1C#Cc1ccc(-c2ccc(C)cc2)cc1. The Kier molecular flexibility index (Phi) is 5.34. The van der Waals surface area contributed by atoms with Crippen molar-refractivity contribution in [1.29, 1.82) is 0 Å². The van der Waals surface area contributed by atoms with Crippen LogP contribution in [0.3, 0.4) is 0 Å². The van der Waals surface area contributed by atoms with Gasteiger partial charge in [0.05, 0.1) is 5.56 Å². The molecule has 0 aliphatic rings. The van der Waals surface area contributed by atoms with E-state index in [0.29, 0.717) is 5.56 Å². The Balaban J connectivity index is 1.91. The molecule has 0 amide bonds. The molecule has 0 N–H and O–H groups in total. The van der Waals surface area contributed by atoms with Crippen LogP contribution in [0.15, 0.2) is 66.7 Å². The molecule has 0 nitrogen and oxygen atoms in total. The molecular weight excluding hydrogens is 319 g/mol. The highest BCUT2D eigenvalue weighted by Gasteiger charge is 2.05. The molecule has 0 unspecified atom stereocenters. The summed E-state index contributed by atoms with van der Waals surface area (Å²) in [5, 5.41) is 0. The van der Waals surface area contributed by atoms with Gasteiger partial charge in [0.2, 0.25) is 0 Å². The van der Waals surface area contributed by atoms with Crippen LogP contribution in [0.5, 0.6) is 0 Å². The highest BCUT2D eigenvalue weighted by molar-refractivity contribution is 5.65. The first-order chi connectivity index (χ1) is 12.6. The van der Waals surface area contributed by atoms with Crippen molar-refractivity contribution in [3.05, 3.63) is 100 Å². The predicted octanol–water partition coefficient (Wildman–Crippen LogP) is 6.54. The Morgan fingerprint density at radius 2 is 1.38 bits per heavy atom. The summed E-state index contributed by atoms with van der Waals surface area (Å²) in [6.07, 6.45) is 3.79. The Hall–Kier alpha value is -3.11. The standard InChI is InChI=1S/C25H21F/c1-4-5-23-16-19(3)17-25(26)24(23)15-10-20-8-13-22(14-9-20)21-11-6-18(2)7-12-21/h4-9,11-14,16-17H,1-3H3/b5-4+. The third-order valence-electron chi connectivity index (χ3n) is 4.21. The molecular formula is C25H21F. The Morgan fingerprint density at radius 1 is 0.769 bits per heavy atom. The van der Waals surface area contributed by atoms with Crippen LogP contribution >= 0.6 is 0 Å². The number of hydrogen-bond acceptors (Lipinski definition) is 0. The van der Waals surface area contributed by atoms with Gasteiger partial charge in [-0.2, -0.15) is 0 Å². The maximum absolute atomic E-state index is 14.3. The van der Waals surface area contributed by atoms with E-state index in [9.17, 15) is 4.39 Å². The molecule has 0 aromatic heterocycles. The number of benzene rings is 3. The van der Waals surface area contributed by atoms with Gasteiger partial charge >= 0.3 is 0 Å². The second-order valence-electron chi connectivity index (χ2n) is 6.40. The second-order valence-corrected chi connectivity index (χ2v) is 6.40. The summed E-state index contributed by atoms with van der Waals surface area (Å²) in [5.74, 6) is 5.81. The first-order valence-electron chi connectivity index (χ1n) is 8.69. The third-order valence-corrected chi connectivity index (χ3v) is 4.21. The molecule has 3 aromatic carbocycles. The molecule has 0 aliphatic carbocycles. The van der Waals surface area contributed by atoms with E-state index in [1.165, 1.54) is 17.2 Å². The number of halogens is 1. The first-order valence-corrected chi connectivity index (χ1v) is 8.69. The predicted molar refractivity (Wildman–Crippen MR) is 108 cm³/mol. The zero-order valence-electron chi connectivity index (χ0n) is 15.3. The summed E-state index contributed by atoms with van der Waals surface area (Å²) >= 11 is 0. The fraction of sp³-hybridized carbons (Fsp3) is 0.120. The molecule has 3 aromatic rings. The zero-order valence-corrected chi connectivity index (χ0v) is 15.3. The van der Waals surface area contributed by atoms with E-state index < -0.39 is 0 Å². The lowest BCUT2D eigenvalue weighted by Gasteiger charge is -2.04. The molecule has 0 radical (unpaired) electrons. The van der Waals surface area contributed by atoms with Crippen LogP contribution in [0.2, 0.25) is 0 Å². The molecule has 0 atom stereocenters. The van der Waals surface area contributed by atoms with Crippen molar-refractivity contribution in [2.45, 2.75) is 20.8 Å². The topological polar surface area (TPSA) is 0 Å². The molecule has 0 fully saturated rings. The highest BCUT2D eigenvalue weighted by Crippen LogP contribution is 2.21. The van der Waals surface area contributed by atoms with Gasteiger partial charge in [0.15, 0.2) is 0 Å². The van der Waals surface area contributed by atoms with Gasteiger partial charge in [0, 0.05) is 5.56 Å². The van der Waals surface area contributed by atoms with Crippen molar-refractivity contribution < 1.29 is 4.39 Å². The van der Waals surface area contributed by atoms with Gasteiger partial charge in [0.1, 0.15) is 5.82 Å². The van der Waals surface area contributed by atoms with E-state index >= 15 is 0 Å². The van der Waals surface area contributed by atoms with Crippen molar-refractivity contribution in [2.75, 3.05) is 0 Å². The summed E-state index contributed by atoms with van der Waals surface area (Å²) in [7, 11) is 0. The fourth-order valence-corrected chi connectivity index (χ4v) is 2.84. The van der Waals surface area contributed by atoms with Gasteiger partial charge in [-0.25, -0.2) is 4.39 Å². The van der Waals surface area contributed by atoms with Crippen LogP contribution in [0, 0.1) is 31.5 Å². The van der Waals surface area contributed by atoms with Crippen LogP contribution in [0.4, 0.5) is 4.39 Å². The van der Waals surface area contributed by atoms with E-state index in [0.717, 1.165) is 22.3 Å². The minimum Gasteiger partial charge on any atom is -0.206 e. The highest BCUT2D eigenvalue weighted by atomic mass is 19.1. The molecule has 0 bridgehead atoms. The minimum atomic E-state index is -0.276. The van der Waals surface area contributed by atoms with Gasteiger partial charge in [-0.3, -0.25) is 0 Å². The molecule has 26 heavy (non-hydrogen) atoms. The Bertz CT molecular complexity index is 995. The monoisotopic (exact) mass is 340 g/mol. The van der Waals surface area contributed by atoms with Gasteiger partial charge < -0.3 is 0 Å². The van der Waals surface area contributed by atoms with Gasteiger partial charge in [-0.15, -0.1) is 0 Å². The largest absolute Gasteiger partial charge is 0.206 e. The van der Waals surface area contributed by atoms with Gasteiger partial charge in [0.25, 0.3) is 0 Å². The molecule has 1 heteroatoms. The number of allylic oxidation sites excluding steroid dienone is 1. The normalized spacial score (nSPS) is 10.6. The fourth-order valence-electron chi connectivity index (χ4n) is 2.84. The maximum Gasteiger partial charge on any atom is 0.139 e. The quantitative estimate of drug-likeness (QED) is 0.464. The first kappa shape index (κ1) is 17.7. The number of hydrogen-bond donors (Lipinski definition) is 0. The molecule has 3 rings (SSSR count). The van der Waals surface area contributed by atoms with E-state index in [2.05, 4.69) is 43.0 Å².